The second kappa shape index (κ2) is 5.44. The summed E-state index contributed by atoms with van der Waals surface area (Å²) in [7, 11) is -3.52. The number of hydrogen-bond donors (Lipinski definition) is 0. The molecular weight excluding hydrogens is 320 g/mol. The summed E-state index contributed by atoms with van der Waals surface area (Å²) in [6.07, 6.45) is 0. The van der Waals surface area contributed by atoms with Crippen LogP contribution in [0.25, 0.3) is 0 Å². The first kappa shape index (κ1) is 19.7. The lowest BCUT2D eigenvalue weighted by atomic mass is 9.97. The van der Waals surface area contributed by atoms with Gasteiger partial charge in [0.15, 0.2) is 0 Å². The summed E-state index contributed by atoms with van der Waals surface area (Å²) < 4.78 is 0. The minimum atomic E-state index is -1.80. The molecular formula is C22H38Si2. The van der Waals surface area contributed by atoms with Crippen LogP contribution in [0.3, 0.4) is 0 Å². The zero-order valence-corrected chi connectivity index (χ0v) is 19.9. The topological polar surface area (TPSA) is 0 Å². The standard InChI is InChI=1S/C22H38Si2/c1-20(2,3)19-16-23(10,21(4,5)6)17-14-12-13-15-18(17)24(19,11)22(7,8)9/h12-16H,1-11H3/t23-,24-/m1/s1. The molecule has 1 aromatic carbocycles. The maximum Gasteiger partial charge on any atom is 0.115 e. The van der Waals surface area contributed by atoms with Gasteiger partial charge in [-0.2, -0.15) is 0 Å². The lowest BCUT2D eigenvalue weighted by Gasteiger charge is -2.55. The van der Waals surface area contributed by atoms with Crippen LogP contribution in [0.4, 0.5) is 0 Å². The van der Waals surface area contributed by atoms with Gasteiger partial charge in [0.25, 0.3) is 0 Å². The zero-order chi connectivity index (χ0) is 18.8. The van der Waals surface area contributed by atoms with E-state index in [-0.39, 0.29) is 5.41 Å². The second-order valence-corrected chi connectivity index (χ2v) is 20.7. The third kappa shape index (κ3) is 2.70. The van der Waals surface area contributed by atoms with Crippen molar-refractivity contribution < 1.29 is 0 Å². The van der Waals surface area contributed by atoms with E-state index in [1.54, 1.807) is 15.6 Å². The highest BCUT2D eigenvalue weighted by Gasteiger charge is 2.56. The summed E-state index contributed by atoms with van der Waals surface area (Å²) >= 11 is 0. The van der Waals surface area contributed by atoms with Crippen molar-refractivity contribution in [2.75, 3.05) is 0 Å². The Labute approximate surface area is 152 Å². The first-order valence-corrected chi connectivity index (χ1v) is 14.5. The Kier molecular flexibility index (Phi) is 4.47. The molecule has 1 heterocycles. The molecule has 0 unspecified atom stereocenters. The molecule has 0 radical (unpaired) electrons. The fraction of sp³-hybridized carbons (Fsp3) is 0.636. The molecule has 0 saturated heterocycles. The van der Waals surface area contributed by atoms with E-state index in [1.165, 1.54) is 0 Å². The third-order valence-corrected chi connectivity index (χ3v) is 19.4. The minimum absolute atomic E-state index is 0.237. The van der Waals surface area contributed by atoms with Gasteiger partial charge in [-0.3, -0.25) is 0 Å². The monoisotopic (exact) mass is 358 g/mol. The van der Waals surface area contributed by atoms with Crippen LogP contribution in [0, 0.1) is 5.41 Å². The van der Waals surface area contributed by atoms with Crippen molar-refractivity contribution in [1.29, 1.82) is 0 Å². The molecule has 2 atom stereocenters. The highest BCUT2D eigenvalue weighted by atomic mass is 28.3. The summed E-state index contributed by atoms with van der Waals surface area (Å²) in [5, 5.41) is 5.84. The molecule has 2 heteroatoms. The zero-order valence-electron chi connectivity index (χ0n) is 17.9. The van der Waals surface area contributed by atoms with Crippen molar-refractivity contribution in [2.45, 2.75) is 85.5 Å². The molecule has 0 spiro atoms. The molecule has 1 aliphatic heterocycles. The summed E-state index contributed by atoms with van der Waals surface area (Å²) in [5.41, 5.74) is 3.06. The molecule has 0 nitrogen and oxygen atoms in total. The van der Waals surface area contributed by atoms with E-state index in [1.807, 2.05) is 0 Å². The van der Waals surface area contributed by atoms with Crippen LogP contribution in [0.2, 0.25) is 23.2 Å². The maximum atomic E-state index is 2.83. The highest BCUT2D eigenvalue weighted by molar-refractivity contribution is 7.11. The van der Waals surface area contributed by atoms with Crippen LogP contribution in [0.1, 0.15) is 62.3 Å². The minimum Gasteiger partial charge on any atom is -0.0934 e. The maximum absolute atomic E-state index is 2.83. The Morgan fingerprint density at radius 2 is 1.12 bits per heavy atom. The largest absolute Gasteiger partial charge is 0.115 e. The van der Waals surface area contributed by atoms with Gasteiger partial charge in [0.05, 0.1) is 0 Å². The molecule has 134 valence electrons. The van der Waals surface area contributed by atoms with Crippen LogP contribution in [-0.2, 0) is 0 Å². The molecule has 0 fully saturated rings. The number of benzene rings is 1. The molecule has 0 amide bonds. The Morgan fingerprint density at radius 1 is 0.667 bits per heavy atom. The van der Waals surface area contributed by atoms with Gasteiger partial charge in [0, 0.05) is 0 Å². The second-order valence-electron chi connectivity index (χ2n) is 11.2. The van der Waals surface area contributed by atoms with Gasteiger partial charge in [-0.1, -0.05) is 121 Å². The fourth-order valence-corrected chi connectivity index (χ4v) is 15.9. The highest BCUT2D eigenvalue weighted by Crippen LogP contribution is 2.51. The van der Waals surface area contributed by atoms with Crippen LogP contribution in [0.15, 0.2) is 35.2 Å². The molecule has 0 aromatic heterocycles. The predicted octanol–water partition coefficient (Wildman–Crippen LogP) is 5.92. The first-order chi connectivity index (χ1) is 10.6. The van der Waals surface area contributed by atoms with E-state index in [0.717, 1.165) is 0 Å². The van der Waals surface area contributed by atoms with Gasteiger partial charge in [-0.15, -0.1) is 0 Å². The van der Waals surface area contributed by atoms with Gasteiger partial charge in [-0.25, -0.2) is 0 Å². The Hall–Kier alpha value is -0.606. The molecule has 24 heavy (non-hydrogen) atoms. The third-order valence-electron chi connectivity index (χ3n) is 6.86. The fourth-order valence-electron chi connectivity index (χ4n) is 4.42. The summed E-state index contributed by atoms with van der Waals surface area (Å²) in [4.78, 5) is 0. The van der Waals surface area contributed by atoms with E-state index in [0.29, 0.717) is 10.1 Å². The quantitative estimate of drug-likeness (QED) is 0.505. The molecule has 0 aliphatic carbocycles. The molecule has 1 aliphatic rings. The smallest absolute Gasteiger partial charge is 0.0934 e. The number of hydrogen-bond acceptors (Lipinski definition) is 0. The van der Waals surface area contributed by atoms with Gasteiger partial charge in [-0.05, 0) is 15.5 Å². The average Bonchev–Trinajstić information content (AvgIpc) is 2.39. The normalized spacial score (nSPS) is 28.4. The van der Waals surface area contributed by atoms with Crippen molar-refractivity contribution in [3.8, 4) is 0 Å². The van der Waals surface area contributed by atoms with Crippen molar-refractivity contribution in [2.24, 2.45) is 5.41 Å². The summed E-state index contributed by atoms with van der Waals surface area (Å²) in [5.74, 6) is 0. The van der Waals surface area contributed by atoms with E-state index < -0.39 is 16.1 Å². The van der Waals surface area contributed by atoms with Gasteiger partial charge >= 0.3 is 0 Å². The van der Waals surface area contributed by atoms with Crippen LogP contribution >= 0.6 is 0 Å². The number of allylic oxidation sites excluding steroid dienone is 1. The van der Waals surface area contributed by atoms with Crippen molar-refractivity contribution >= 4 is 26.5 Å². The van der Waals surface area contributed by atoms with Gasteiger partial charge in [0.1, 0.15) is 16.1 Å². The van der Waals surface area contributed by atoms with Gasteiger partial charge in [0.2, 0.25) is 0 Å². The Morgan fingerprint density at radius 3 is 1.50 bits per heavy atom. The molecule has 2 rings (SSSR count). The Balaban J connectivity index is 2.98. The lowest BCUT2D eigenvalue weighted by Crippen LogP contribution is -2.71. The van der Waals surface area contributed by atoms with Crippen molar-refractivity contribution in [1.82, 2.24) is 0 Å². The molecule has 0 N–H and O–H groups in total. The van der Waals surface area contributed by atoms with Crippen LogP contribution < -0.4 is 10.4 Å². The molecule has 0 saturated carbocycles. The summed E-state index contributed by atoms with van der Waals surface area (Å²) in [6, 6.07) is 9.48. The van der Waals surface area contributed by atoms with E-state index in [2.05, 4.69) is 105 Å². The number of fused-ring (bicyclic) bond motifs is 1. The van der Waals surface area contributed by atoms with Crippen molar-refractivity contribution in [3.63, 3.8) is 0 Å². The SMILES string of the molecule is CC(C)(C)C1=C[Si@@](C)(C(C)(C)C)c2ccccc2[Si@@]1(C)C(C)(C)C. The first-order valence-electron chi connectivity index (χ1n) is 9.40. The predicted molar refractivity (Wildman–Crippen MR) is 116 cm³/mol. The van der Waals surface area contributed by atoms with Crippen molar-refractivity contribution in [3.05, 3.63) is 35.2 Å². The van der Waals surface area contributed by atoms with E-state index in [4.69, 9.17) is 0 Å². The van der Waals surface area contributed by atoms with Crippen LogP contribution in [0.5, 0.6) is 0 Å². The lowest BCUT2D eigenvalue weighted by molar-refractivity contribution is 0.518. The van der Waals surface area contributed by atoms with E-state index in [9.17, 15) is 0 Å². The molecule has 0 bridgehead atoms. The number of rotatable bonds is 0. The average molecular weight is 359 g/mol. The van der Waals surface area contributed by atoms with E-state index >= 15 is 0 Å². The van der Waals surface area contributed by atoms with Gasteiger partial charge < -0.3 is 0 Å². The molecule has 1 aromatic rings. The Bertz CT molecular complexity index is 664. The van der Waals surface area contributed by atoms with Crippen LogP contribution in [-0.4, -0.2) is 16.1 Å². The summed E-state index contributed by atoms with van der Waals surface area (Å²) in [6.45, 7) is 27.3.